The number of anilines is 2. The molecule has 0 aliphatic rings. The summed E-state index contributed by atoms with van der Waals surface area (Å²) in [5, 5.41) is 5.66. The van der Waals surface area contributed by atoms with E-state index in [-0.39, 0.29) is 30.5 Å². The van der Waals surface area contributed by atoms with Crippen LogP contribution in [0.5, 0.6) is 0 Å². The SMILES string of the molecule is NCCC(=O)Nc1cc(NC(=O)c2ccco2)ccc1Cl. The van der Waals surface area contributed by atoms with Crippen molar-refractivity contribution < 1.29 is 14.0 Å². The van der Waals surface area contributed by atoms with Gasteiger partial charge in [0, 0.05) is 18.7 Å². The fourth-order valence-electron chi connectivity index (χ4n) is 1.64. The average molecular weight is 308 g/mol. The number of halogens is 1. The van der Waals surface area contributed by atoms with Crippen molar-refractivity contribution in [2.75, 3.05) is 17.2 Å². The van der Waals surface area contributed by atoms with Gasteiger partial charge in [-0.05, 0) is 30.3 Å². The summed E-state index contributed by atoms with van der Waals surface area (Å²) < 4.78 is 5.00. The molecule has 0 atom stereocenters. The molecule has 0 fully saturated rings. The lowest BCUT2D eigenvalue weighted by Crippen LogP contribution is -2.17. The van der Waals surface area contributed by atoms with Crippen molar-refractivity contribution in [3.05, 3.63) is 47.4 Å². The molecular formula is C14H14ClN3O3. The number of hydrogen-bond donors (Lipinski definition) is 3. The lowest BCUT2D eigenvalue weighted by molar-refractivity contribution is -0.116. The third-order valence-corrected chi connectivity index (χ3v) is 2.94. The maximum Gasteiger partial charge on any atom is 0.291 e. The number of amides is 2. The third-order valence-electron chi connectivity index (χ3n) is 2.61. The number of benzene rings is 1. The highest BCUT2D eigenvalue weighted by molar-refractivity contribution is 6.33. The largest absolute Gasteiger partial charge is 0.459 e. The Morgan fingerprint density at radius 1 is 1.24 bits per heavy atom. The van der Waals surface area contributed by atoms with Crippen molar-refractivity contribution in [3.8, 4) is 0 Å². The van der Waals surface area contributed by atoms with E-state index in [1.54, 1.807) is 30.3 Å². The second-order valence-corrected chi connectivity index (χ2v) is 4.62. The molecule has 0 aliphatic carbocycles. The van der Waals surface area contributed by atoms with Gasteiger partial charge in [0.1, 0.15) is 0 Å². The molecule has 0 bridgehead atoms. The number of nitrogens with two attached hydrogens (primary N) is 1. The fraction of sp³-hybridized carbons (Fsp3) is 0.143. The minimum atomic E-state index is -0.387. The van der Waals surface area contributed by atoms with Crippen LogP contribution in [0.1, 0.15) is 17.0 Å². The number of rotatable bonds is 5. The monoisotopic (exact) mass is 307 g/mol. The molecule has 2 amide bonds. The first-order chi connectivity index (χ1) is 10.1. The van der Waals surface area contributed by atoms with Crippen molar-refractivity contribution in [2.24, 2.45) is 5.73 Å². The number of carbonyl (C=O) groups excluding carboxylic acids is 2. The van der Waals surface area contributed by atoms with Crippen molar-refractivity contribution in [1.29, 1.82) is 0 Å². The van der Waals surface area contributed by atoms with Gasteiger partial charge >= 0.3 is 0 Å². The molecule has 0 unspecified atom stereocenters. The number of hydrogen-bond acceptors (Lipinski definition) is 4. The summed E-state index contributed by atoms with van der Waals surface area (Å²) in [6, 6.07) is 7.95. The highest BCUT2D eigenvalue weighted by atomic mass is 35.5. The lowest BCUT2D eigenvalue weighted by atomic mass is 10.2. The molecule has 6 nitrogen and oxygen atoms in total. The molecule has 4 N–H and O–H groups in total. The summed E-state index contributed by atoms with van der Waals surface area (Å²) >= 11 is 6.00. The summed E-state index contributed by atoms with van der Waals surface area (Å²) in [6.07, 6.45) is 1.61. The van der Waals surface area contributed by atoms with Gasteiger partial charge in [-0.2, -0.15) is 0 Å². The summed E-state index contributed by atoms with van der Waals surface area (Å²) in [4.78, 5) is 23.4. The quantitative estimate of drug-likeness (QED) is 0.790. The molecule has 1 aromatic carbocycles. The normalized spacial score (nSPS) is 10.2. The van der Waals surface area contributed by atoms with Gasteiger partial charge in [-0.3, -0.25) is 9.59 Å². The smallest absolute Gasteiger partial charge is 0.291 e. The molecule has 1 heterocycles. The van der Waals surface area contributed by atoms with Gasteiger partial charge < -0.3 is 20.8 Å². The molecule has 0 saturated carbocycles. The van der Waals surface area contributed by atoms with Crippen LogP contribution in [0.4, 0.5) is 11.4 Å². The van der Waals surface area contributed by atoms with Crippen LogP contribution in [0, 0.1) is 0 Å². The first kappa shape index (κ1) is 15.1. The van der Waals surface area contributed by atoms with E-state index in [9.17, 15) is 9.59 Å². The molecule has 1 aromatic heterocycles. The van der Waals surface area contributed by atoms with E-state index in [1.165, 1.54) is 6.26 Å². The fourth-order valence-corrected chi connectivity index (χ4v) is 1.81. The zero-order valence-electron chi connectivity index (χ0n) is 11.1. The van der Waals surface area contributed by atoms with Gasteiger partial charge in [0.2, 0.25) is 5.91 Å². The van der Waals surface area contributed by atoms with Gasteiger partial charge in [-0.25, -0.2) is 0 Å². The number of nitrogens with one attached hydrogen (secondary N) is 2. The zero-order valence-corrected chi connectivity index (χ0v) is 11.8. The maximum absolute atomic E-state index is 11.9. The lowest BCUT2D eigenvalue weighted by Gasteiger charge is -2.09. The van der Waals surface area contributed by atoms with Crippen LogP contribution >= 0.6 is 11.6 Å². The Morgan fingerprint density at radius 3 is 2.71 bits per heavy atom. The molecule has 21 heavy (non-hydrogen) atoms. The van der Waals surface area contributed by atoms with Crippen molar-refractivity contribution in [1.82, 2.24) is 0 Å². The van der Waals surface area contributed by atoms with Crippen molar-refractivity contribution >= 4 is 34.8 Å². The van der Waals surface area contributed by atoms with E-state index in [0.29, 0.717) is 16.4 Å². The molecule has 2 rings (SSSR count). The predicted octanol–water partition coefficient (Wildman–Crippen LogP) is 2.47. The minimum Gasteiger partial charge on any atom is -0.459 e. The Balaban J connectivity index is 2.11. The zero-order chi connectivity index (χ0) is 15.2. The Bertz CT molecular complexity index is 641. The Labute approximate surface area is 126 Å². The first-order valence-electron chi connectivity index (χ1n) is 6.24. The van der Waals surface area contributed by atoms with Gasteiger partial charge in [0.25, 0.3) is 5.91 Å². The standard InChI is InChI=1S/C14H14ClN3O3/c15-10-4-3-9(8-11(10)18-13(19)5-6-16)17-14(20)12-2-1-7-21-12/h1-4,7-8H,5-6,16H2,(H,17,20)(H,18,19). The molecule has 0 radical (unpaired) electrons. The highest BCUT2D eigenvalue weighted by Crippen LogP contribution is 2.26. The van der Waals surface area contributed by atoms with E-state index in [1.807, 2.05) is 0 Å². The number of carbonyl (C=O) groups is 2. The summed E-state index contributed by atoms with van der Waals surface area (Å²) in [7, 11) is 0. The molecule has 110 valence electrons. The molecule has 0 aliphatic heterocycles. The van der Waals surface area contributed by atoms with Crippen LogP contribution in [0.2, 0.25) is 5.02 Å². The van der Waals surface area contributed by atoms with Crippen LogP contribution in [0.25, 0.3) is 0 Å². The maximum atomic E-state index is 11.9. The predicted molar refractivity (Wildman–Crippen MR) is 80.4 cm³/mol. The Morgan fingerprint density at radius 2 is 2.05 bits per heavy atom. The van der Waals surface area contributed by atoms with Crippen LogP contribution in [0.3, 0.4) is 0 Å². The molecule has 0 saturated heterocycles. The van der Waals surface area contributed by atoms with Crippen LogP contribution in [-0.2, 0) is 4.79 Å². The van der Waals surface area contributed by atoms with E-state index < -0.39 is 0 Å². The van der Waals surface area contributed by atoms with Crippen LogP contribution in [0.15, 0.2) is 41.0 Å². The summed E-state index contributed by atoms with van der Waals surface area (Å²) in [5.74, 6) is -0.436. The van der Waals surface area contributed by atoms with Crippen molar-refractivity contribution in [2.45, 2.75) is 6.42 Å². The van der Waals surface area contributed by atoms with E-state index in [4.69, 9.17) is 21.8 Å². The molecular weight excluding hydrogens is 294 g/mol. The molecule has 7 heteroatoms. The third kappa shape index (κ3) is 4.08. The highest BCUT2D eigenvalue weighted by Gasteiger charge is 2.11. The van der Waals surface area contributed by atoms with Crippen LogP contribution in [-0.4, -0.2) is 18.4 Å². The second kappa shape index (κ2) is 6.92. The Hall–Kier alpha value is -2.31. The average Bonchev–Trinajstić information content (AvgIpc) is 2.97. The Kier molecular flexibility index (Phi) is 4.97. The molecule has 2 aromatic rings. The summed E-state index contributed by atoms with van der Waals surface area (Å²) in [6.45, 7) is 0.248. The van der Waals surface area contributed by atoms with Crippen molar-refractivity contribution in [3.63, 3.8) is 0 Å². The summed E-state index contributed by atoms with van der Waals surface area (Å²) in [5.41, 5.74) is 6.21. The van der Waals surface area contributed by atoms with E-state index in [0.717, 1.165) is 0 Å². The first-order valence-corrected chi connectivity index (χ1v) is 6.62. The van der Waals surface area contributed by atoms with E-state index >= 15 is 0 Å². The van der Waals surface area contributed by atoms with E-state index in [2.05, 4.69) is 10.6 Å². The van der Waals surface area contributed by atoms with Gasteiger partial charge in [-0.1, -0.05) is 11.6 Å². The second-order valence-electron chi connectivity index (χ2n) is 4.21. The van der Waals surface area contributed by atoms with Gasteiger partial charge in [-0.15, -0.1) is 0 Å². The van der Waals surface area contributed by atoms with Crippen LogP contribution < -0.4 is 16.4 Å². The molecule has 0 spiro atoms. The van der Waals surface area contributed by atoms with Gasteiger partial charge in [0.15, 0.2) is 5.76 Å². The minimum absolute atomic E-state index is 0.193. The number of furan rings is 1. The van der Waals surface area contributed by atoms with Gasteiger partial charge in [0.05, 0.1) is 17.0 Å². The topological polar surface area (TPSA) is 97.4 Å².